The van der Waals surface area contributed by atoms with Gasteiger partial charge in [-0.1, -0.05) is 27.7 Å². The summed E-state index contributed by atoms with van der Waals surface area (Å²) in [5.74, 6) is -1.90. The molecule has 2 atom stereocenters. The van der Waals surface area contributed by atoms with Crippen molar-refractivity contribution in [1.82, 2.24) is 15.8 Å². The Hall–Kier alpha value is -1.92. The Labute approximate surface area is 201 Å². The summed E-state index contributed by atoms with van der Waals surface area (Å²) in [6.07, 6.45) is 3.04. The van der Waals surface area contributed by atoms with Gasteiger partial charge in [0.15, 0.2) is 0 Å². The van der Waals surface area contributed by atoms with Gasteiger partial charge in [-0.3, -0.25) is 9.59 Å². The summed E-state index contributed by atoms with van der Waals surface area (Å²) in [5, 5.41) is 12.4. The van der Waals surface area contributed by atoms with Gasteiger partial charge in [0.1, 0.15) is 11.9 Å². The largest absolute Gasteiger partial charge is 0.445 e. The zero-order chi connectivity index (χ0) is 25.5. The van der Waals surface area contributed by atoms with Crippen LogP contribution in [0.4, 0.5) is 4.79 Å². The Balaban J connectivity index is 2.20. The van der Waals surface area contributed by atoms with Gasteiger partial charge in [-0.05, 0) is 56.3 Å². The summed E-state index contributed by atoms with van der Waals surface area (Å²) in [4.78, 5) is 38.0. The highest BCUT2D eigenvalue weighted by Gasteiger charge is 2.37. The first-order valence-corrected chi connectivity index (χ1v) is 13.5. The molecule has 1 unspecified atom stereocenters. The summed E-state index contributed by atoms with van der Waals surface area (Å²) in [5.41, 5.74) is 2.61. The highest BCUT2D eigenvalue weighted by molar-refractivity contribution is 7.86. The van der Waals surface area contributed by atoms with Crippen LogP contribution in [-0.4, -0.2) is 61.0 Å². The van der Waals surface area contributed by atoms with Gasteiger partial charge >= 0.3 is 6.09 Å². The van der Waals surface area contributed by atoms with E-state index in [-0.39, 0.29) is 36.2 Å². The molecule has 2 fully saturated rings. The van der Waals surface area contributed by atoms with Crippen molar-refractivity contribution in [1.29, 1.82) is 0 Å². The van der Waals surface area contributed by atoms with Crippen LogP contribution in [0.2, 0.25) is 0 Å². The van der Waals surface area contributed by atoms with Crippen molar-refractivity contribution >= 4 is 28.0 Å². The summed E-state index contributed by atoms with van der Waals surface area (Å²) in [7, 11) is -4.43. The molecule has 0 radical (unpaired) electrons. The molecule has 12 heteroatoms. The SMILES string of the molecule is CC(C)CCC(=O)N(NC(=O)OC1CCC(C)(C)CC1)[C@@H](CC1CCNC1=O)CS(=O)(=O)OO. The van der Waals surface area contributed by atoms with Crippen molar-refractivity contribution in [3.63, 3.8) is 0 Å². The van der Waals surface area contributed by atoms with E-state index in [4.69, 9.17) is 9.99 Å². The molecule has 0 spiro atoms. The minimum atomic E-state index is -4.43. The van der Waals surface area contributed by atoms with E-state index < -0.39 is 39.8 Å². The third-order valence-electron chi connectivity index (χ3n) is 6.57. The van der Waals surface area contributed by atoms with E-state index in [0.717, 1.165) is 17.9 Å². The molecule has 1 aliphatic heterocycles. The number of amides is 3. The van der Waals surface area contributed by atoms with Crippen molar-refractivity contribution in [3.05, 3.63) is 0 Å². The number of nitrogens with zero attached hydrogens (tertiary/aromatic N) is 1. The van der Waals surface area contributed by atoms with E-state index in [1.54, 1.807) is 0 Å². The molecule has 1 saturated carbocycles. The molecule has 0 bridgehead atoms. The molecule has 3 N–H and O–H groups in total. The van der Waals surface area contributed by atoms with Crippen molar-refractivity contribution < 1.29 is 37.1 Å². The van der Waals surface area contributed by atoms with Crippen LogP contribution in [0.15, 0.2) is 0 Å². The van der Waals surface area contributed by atoms with Gasteiger partial charge in [0, 0.05) is 18.9 Å². The lowest BCUT2D eigenvalue weighted by Crippen LogP contribution is -2.55. The monoisotopic (exact) mass is 505 g/mol. The molecule has 196 valence electrons. The second-order valence-electron chi connectivity index (χ2n) is 10.5. The Morgan fingerprint density at radius 2 is 1.88 bits per heavy atom. The molecular weight excluding hydrogens is 466 g/mol. The van der Waals surface area contributed by atoms with Gasteiger partial charge < -0.3 is 10.1 Å². The second kappa shape index (κ2) is 12.2. The quantitative estimate of drug-likeness (QED) is 0.303. The van der Waals surface area contributed by atoms with Crippen LogP contribution in [-0.2, 0) is 28.8 Å². The normalized spacial score (nSPS) is 21.7. The maximum Gasteiger partial charge on any atom is 0.426 e. The predicted octanol–water partition coefficient (Wildman–Crippen LogP) is 2.58. The van der Waals surface area contributed by atoms with Crippen LogP contribution in [0, 0.1) is 17.3 Å². The van der Waals surface area contributed by atoms with Crippen LogP contribution in [0.3, 0.4) is 0 Å². The van der Waals surface area contributed by atoms with Gasteiger partial charge in [0.05, 0.1) is 6.04 Å². The zero-order valence-corrected chi connectivity index (χ0v) is 21.4. The first-order valence-electron chi connectivity index (χ1n) is 11.9. The average molecular weight is 506 g/mol. The first-order chi connectivity index (χ1) is 15.8. The van der Waals surface area contributed by atoms with Crippen LogP contribution in [0.25, 0.3) is 0 Å². The highest BCUT2D eigenvalue weighted by atomic mass is 32.2. The highest BCUT2D eigenvalue weighted by Crippen LogP contribution is 2.36. The van der Waals surface area contributed by atoms with Crippen LogP contribution < -0.4 is 10.7 Å². The Morgan fingerprint density at radius 3 is 2.41 bits per heavy atom. The number of hydrogen-bond donors (Lipinski definition) is 3. The molecule has 1 heterocycles. The van der Waals surface area contributed by atoms with Crippen molar-refractivity contribution in [2.75, 3.05) is 12.3 Å². The number of hydrazine groups is 1. The van der Waals surface area contributed by atoms with E-state index in [9.17, 15) is 22.8 Å². The molecule has 2 rings (SSSR count). The molecule has 2 aliphatic rings. The molecule has 0 aromatic carbocycles. The standard InChI is InChI=1S/C22H39N3O8S/c1-15(2)5-6-19(26)25(24-21(28)32-18-7-10-22(3,4)11-8-18)17(14-34(30,31)33-29)13-16-9-12-23-20(16)27/h15-18,29H,5-14H2,1-4H3,(H,23,27)(H,24,28)/t16?,17-/m0/s1. The van der Waals surface area contributed by atoms with Crippen LogP contribution >= 0.6 is 0 Å². The molecule has 3 amide bonds. The van der Waals surface area contributed by atoms with Gasteiger partial charge in [0.2, 0.25) is 11.8 Å². The fourth-order valence-corrected chi connectivity index (χ4v) is 5.19. The molecular formula is C22H39N3O8S. The number of carbonyl (C=O) groups excluding carboxylic acids is 3. The first kappa shape index (κ1) is 28.3. The second-order valence-corrected chi connectivity index (χ2v) is 12.1. The maximum absolute atomic E-state index is 13.1. The smallest absolute Gasteiger partial charge is 0.426 e. The molecule has 34 heavy (non-hydrogen) atoms. The number of nitrogens with one attached hydrogen (secondary N) is 2. The predicted molar refractivity (Wildman–Crippen MR) is 124 cm³/mol. The number of ether oxygens (including phenoxy) is 1. The molecule has 1 aliphatic carbocycles. The van der Waals surface area contributed by atoms with Crippen LogP contribution in [0.5, 0.6) is 0 Å². The van der Waals surface area contributed by atoms with E-state index in [2.05, 4.69) is 28.9 Å². The van der Waals surface area contributed by atoms with Crippen molar-refractivity contribution in [3.8, 4) is 0 Å². The topological polar surface area (TPSA) is 151 Å². The molecule has 11 nitrogen and oxygen atoms in total. The summed E-state index contributed by atoms with van der Waals surface area (Å²) < 4.78 is 33.3. The number of hydrogen-bond acceptors (Lipinski definition) is 8. The maximum atomic E-state index is 13.1. The van der Waals surface area contributed by atoms with Gasteiger partial charge in [-0.15, -0.1) is 4.33 Å². The molecule has 1 saturated heterocycles. The third-order valence-corrected chi connectivity index (χ3v) is 7.59. The Morgan fingerprint density at radius 1 is 1.24 bits per heavy atom. The van der Waals surface area contributed by atoms with Crippen molar-refractivity contribution in [2.45, 2.75) is 91.2 Å². The zero-order valence-electron chi connectivity index (χ0n) is 20.5. The lowest BCUT2D eigenvalue weighted by Gasteiger charge is -2.35. The number of carbonyl (C=O) groups is 3. The van der Waals surface area contributed by atoms with E-state index >= 15 is 0 Å². The fraction of sp³-hybridized carbons (Fsp3) is 0.864. The third kappa shape index (κ3) is 9.03. The van der Waals surface area contributed by atoms with E-state index in [0.29, 0.717) is 32.2 Å². The average Bonchev–Trinajstić information content (AvgIpc) is 3.15. The summed E-state index contributed by atoms with van der Waals surface area (Å²) in [6, 6.07) is -1.14. The lowest BCUT2D eigenvalue weighted by molar-refractivity contribution is -0.139. The summed E-state index contributed by atoms with van der Waals surface area (Å²) in [6.45, 7) is 8.63. The Bertz CT molecular complexity index is 820. The van der Waals surface area contributed by atoms with Gasteiger partial charge in [-0.2, -0.15) is 8.42 Å². The minimum Gasteiger partial charge on any atom is -0.445 e. The Kier molecular flexibility index (Phi) is 10.1. The molecule has 0 aromatic rings. The lowest BCUT2D eigenvalue weighted by atomic mass is 9.76. The molecule has 0 aromatic heterocycles. The fourth-order valence-electron chi connectivity index (χ4n) is 4.37. The van der Waals surface area contributed by atoms with Gasteiger partial charge in [0.25, 0.3) is 10.1 Å². The van der Waals surface area contributed by atoms with E-state index in [1.165, 1.54) is 0 Å². The number of rotatable bonds is 10. The summed E-state index contributed by atoms with van der Waals surface area (Å²) >= 11 is 0. The van der Waals surface area contributed by atoms with E-state index in [1.807, 2.05) is 13.8 Å². The minimum absolute atomic E-state index is 0.0280. The van der Waals surface area contributed by atoms with Crippen molar-refractivity contribution in [2.24, 2.45) is 17.3 Å². The van der Waals surface area contributed by atoms with Gasteiger partial charge in [-0.25, -0.2) is 20.5 Å². The van der Waals surface area contributed by atoms with Crippen LogP contribution in [0.1, 0.15) is 79.1 Å².